The number of amides is 1. The van der Waals surface area contributed by atoms with E-state index in [1.165, 1.54) is 11.3 Å². The van der Waals surface area contributed by atoms with Gasteiger partial charge in [0.25, 0.3) is 5.91 Å². The maximum atomic E-state index is 12.8. The minimum absolute atomic E-state index is 0.0497. The molecule has 6 nitrogen and oxygen atoms in total. The number of benzene rings is 1. The Morgan fingerprint density at radius 2 is 2.17 bits per heavy atom. The molecule has 0 radical (unpaired) electrons. The number of carbonyl (C=O) groups excluding carboxylic acids is 1. The van der Waals surface area contributed by atoms with Crippen molar-refractivity contribution < 1.29 is 14.6 Å². The van der Waals surface area contributed by atoms with Crippen molar-refractivity contribution in [2.24, 2.45) is 5.41 Å². The summed E-state index contributed by atoms with van der Waals surface area (Å²) in [5, 5.41) is 10.3. The van der Waals surface area contributed by atoms with E-state index in [4.69, 9.17) is 10.5 Å². The second kappa shape index (κ2) is 6.66. The second-order valence-corrected chi connectivity index (χ2v) is 7.69. The number of aliphatic hydroxyl groups is 1. The van der Waals surface area contributed by atoms with E-state index >= 15 is 0 Å². The molecule has 0 bridgehead atoms. The van der Waals surface area contributed by atoms with Crippen molar-refractivity contribution in [1.29, 1.82) is 0 Å². The van der Waals surface area contributed by atoms with Crippen LogP contribution < -0.4 is 5.73 Å². The molecule has 7 heteroatoms. The highest BCUT2D eigenvalue weighted by Crippen LogP contribution is 2.32. The molecule has 1 aliphatic heterocycles. The predicted molar refractivity (Wildman–Crippen MR) is 95.3 cm³/mol. The standard InChI is InChI=1S/C17H23N3O3S/c1-11-7-12(8-13-14(11)19-16(18)24-13)15(22)20(2)9-17(10-21)3-5-23-6-4-17/h7-8,21H,3-6,9-10H2,1-2H3,(H2,18,19). The number of ether oxygens (including phenoxy) is 1. The van der Waals surface area contributed by atoms with Crippen LogP contribution in [0.4, 0.5) is 5.13 Å². The molecular weight excluding hydrogens is 326 g/mol. The first kappa shape index (κ1) is 17.1. The quantitative estimate of drug-likeness (QED) is 0.882. The molecule has 1 aromatic heterocycles. The van der Waals surface area contributed by atoms with Gasteiger partial charge >= 0.3 is 0 Å². The Balaban J connectivity index is 1.82. The second-order valence-electron chi connectivity index (χ2n) is 6.62. The van der Waals surface area contributed by atoms with E-state index in [2.05, 4.69) is 4.98 Å². The fraction of sp³-hybridized carbons (Fsp3) is 0.529. The van der Waals surface area contributed by atoms with E-state index in [1.54, 1.807) is 11.9 Å². The van der Waals surface area contributed by atoms with Crippen LogP contribution in [0.2, 0.25) is 0 Å². The normalized spacial score (nSPS) is 17.1. The molecule has 0 saturated carbocycles. The van der Waals surface area contributed by atoms with Crippen LogP contribution in [-0.4, -0.2) is 54.3 Å². The molecule has 24 heavy (non-hydrogen) atoms. The average molecular weight is 349 g/mol. The molecule has 1 aliphatic rings. The Morgan fingerprint density at radius 1 is 1.46 bits per heavy atom. The number of hydrogen-bond donors (Lipinski definition) is 2. The van der Waals surface area contributed by atoms with E-state index in [-0.39, 0.29) is 17.9 Å². The largest absolute Gasteiger partial charge is 0.396 e. The van der Waals surface area contributed by atoms with Gasteiger partial charge in [-0.05, 0) is 37.5 Å². The minimum atomic E-state index is -0.267. The molecular formula is C17H23N3O3S. The Labute approximate surface area is 145 Å². The molecule has 1 saturated heterocycles. The summed E-state index contributed by atoms with van der Waals surface area (Å²) in [6.45, 7) is 3.79. The molecule has 0 aliphatic carbocycles. The van der Waals surface area contributed by atoms with Crippen molar-refractivity contribution >= 4 is 32.6 Å². The highest BCUT2D eigenvalue weighted by Gasteiger charge is 2.34. The summed E-state index contributed by atoms with van der Waals surface area (Å²) in [5.41, 5.74) is 7.94. The van der Waals surface area contributed by atoms with E-state index in [1.807, 2.05) is 19.1 Å². The van der Waals surface area contributed by atoms with Crippen molar-refractivity contribution in [3.63, 3.8) is 0 Å². The molecule has 130 valence electrons. The predicted octanol–water partition coefficient (Wildman–Crippen LogP) is 2.05. The van der Waals surface area contributed by atoms with Crippen molar-refractivity contribution in [2.45, 2.75) is 19.8 Å². The summed E-state index contributed by atoms with van der Waals surface area (Å²) < 4.78 is 6.31. The van der Waals surface area contributed by atoms with Crippen LogP contribution in [0, 0.1) is 12.3 Å². The van der Waals surface area contributed by atoms with E-state index in [0.717, 1.165) is 28.6 Å². The monoisotopic (exact) mass is 349 g/mol. The fourth-order valence-corrected chi connectivity index (χ4v) is 4.15. The number of nitrogens with two attached hydrogens (primary N) is 1. The molecule has 2 aromatic rings. The first-order chi connectivity index (χ1) is 11.4. The summed E-state index contributed by atoms with van der Waals surface area (Å²) >= 11 is 1.39. The number of aryl methyl sites for hydroxylation is 1. The zero-order valence-corrected chi connectivity index (χ0v) is 14.9. The SMILES string of the molecule is Cc1cc(C(=O)N(C)CC2(CO)CCOCC2)cc2sc(N)nc12. The third-order valence-corrected chi connectivity index (χ3v) is 5.59. The van der Waals surface area contributed by atoms with Crippen molar-refractivity contribution in [2.75, 3.05) is 39.1 Å². The van der Waals surface area contributed by atoms with Crippen molar-refractivity contribution in [3.8, 4) is 0 Å². The maximum Gasteiger partial charge on any atom is 0.253 e. The topological polar surface area (TPSA) is 88.7 Å². The number of hydrogen-bond acceptors (Lipinski definition) is 6. The lowest BCUT2D eigenvalue weighted by atomic mass is 9.80. The highest BCUT2D eigenvalue weighted by atomic mass is 32.1. The third-order valence-electron chi connectivity index (χ3n) is 4.76. The molecule has 2 heterocycles. The summed E-state index contributed by atoms with van der Waals surface area (Å²) in [6, 6.07) is 3.71. The number of fused-ring (bicyclic) bond motifs is 1. The van der Waals surface area contributed by atoms with Gasteiger partial charge in [-0.15, -0.1) is 0 Å². The number of anilines is 1. The van der Waals surface area contributed by atoms with Crippen molar-refractivity contribution in [1.82, 2.24) is 9.88 Å². The average Bonchev–Trinajstić information content (AvgIpc) is 2.96. The number of aliphatic hydroxyl groups excluding tert-OH is 1. The smallest absolute Gasteiger partial charge is 0.253 e. The van der Waals surface area contributed by atoms with Crippen LogP contribution in [0.5, 0.6) is 0 Å². The number of nitrogens with zero attached hydrogens (tertiary/aromatic N) is 2. The van der Waals surface area contributed by atoms with Gasteiger partial charge in [-0.1, -0.05) is 11.3 Å². The Morgan fingerprint density at radius 3 is 2.83 bits per heavy atom. The maximum absolute atomic E-state index is 12.8. The number of carbonyl (C=O) groups is 1. The summed E-state index contributed by atoms with van der Waals surface area (Å²) in [5.74, 6) is -0.0497. The van der Waals surface area contributed by atoms with E-state index in [9.17, 15) is 9.90 Å². The molecule has 0 spiro atoms. The summed E-state index contributed by atoms with van der Waals surface area (Å²) in [4.78, 5) is 18.8. The Hall–Kier alpha value is -1.70. The van der Waals surface area contributed by atoms with Gasteiger partial charge in [0.05, 0.1) is 16.8 Å². The third kappa shape index (κ3) is 3.24. The van der Waals surface area contributed by atoms with E-state index < -0.39 is 0 Å². The molecule has 3 rings (SSSR count). The number of nitrogen functional groups attached to an aromatic ring is 1. The first-order valence-corrected chi connectivity index (χ1v) is 8.86. The zero-order chi connectivity index (χ0) is 17.3. The van der Waals surface area contributed by atoms with Gasteiger partial charge in [0, 0.05) is 37.8 Å². The summed E-state index contributed by atoms with van der Waals surface area (Å²) in [6.07, 6.45) is 1.54. The van der Waals surface area contributed by atoms with Crippen LogP contribution in [-0.2, 0) is 4.74 Å². The summed E-state index contributed by atoms with van der Waals surface area (Å²) in [7, 11) is 1.79. The van der Waals surface area contributed by atoms with Crippen LogP contribution in [0.3, 0.4) is 0 Å². The lowest BCUT2D eigenvalue weighted by Gasteiger charge is -2.38. The van der Waals surface area contributed by atoms with Gasteiger partial charge in [0.1, 0.15) is 0 Å². The van der Waals surface area contributed by atoms with Gasteiger partial charge in [0.15, 0.2) is 5.13 Å². The highest BCUT2D eigenvalue weighted by molar-refractivity contribution is 7.22. The van der Waals surface area contributed by atoms with Gasteiger partial charge in [-0.2, -0.15) is 0 Å². The molecule has 1 fully saturated rings. The lowest BCUT2D eigenvalue weighted by Crippen LogP contribution is -2.44. The van der Waals surface area contributed by atoms with Crippen molar-refractivity contribution in [3.05, 3.63) is 23.3 Å². The van der Waals surface area contributed by atoms with Gasteiger partial charge in [0.2, 0.25) is 0 Å². The minimum Gasteiger partial charge on any atom is -0.396 e. The first-order valence-electron chi connectivity index (χ1n) is 8.05. The van der Waals surface area contributed by atoms with Gasteiger partial charge in [-0.25, -0.2) is 4.98 Å². The van der Waals surface area contributed by atoms with Crippen LogP contribution in [0.1, 0.15) is 28.8 Å². The molecule has 1 amide bonds. The van der Waals surface area contributed by atoms with Gasteiger partial charge < -0.3 is 20.5 Å². The molecule has 3 N–H and O–H groups in total. The Bertz CT molecular complexity index is 753. The Kier molecular flexibility index (Phi) is 4.76. The van der Waals surface area contributed by atoms with E-state index in [0.29, 0.717) is 30.5 Å². The lowest BCUT2D eigenvalue weighted by molar-refractivity contribution is -0.0282. The van der Waals surface area contributed by atoms with Crippen LogP contribution in [0.25, 0.3) is 10.2 Å². The molecule has 1 aromatic carbocycles. The number of rotatable bonds is 4. The zero-order valence-electron chi connectivity index (χ0n) is 14.0. The number of aromatic nitrogens is 1. The van der Waals surface area contributed by atoms with Crippen LogP contribution in [0.15, 0.2) is 12.1 Å². The number of thiazole rings is 1. The molecule has 0 unspecified atom stereocenters. The fourth-order valence-electron chi connectivity index (χ4n) is 3.30. The van der Waals surface area contributed by atoms with Crippen LogP contribution >= 0.6 is 11.3 Å². The van der Waals surface area contributed by atoms with Gasteiger partial charge in [-0.3, -0.25) is 4.79 Å². The molecule has 0 atom stereocenters.